The molecule has 1 aromatic heterocycles. The van der Waals surface area contributed by atoms with E-state index < -0.39 is 20.1 Å². The Morgan fingerprint density at radius 3 is 0.864 bits per heavy atom. The normalized spacial score (nSPS) is 12.4. The molecular formula is C55H43NOS2. The van der Waals surface area contributed by atoms with Crippen molar-refractivity contribution >= 4 is 41.9 Å². The minimum absolute atomic E-state index is 0.836. The van der Waals surface area contributed by atoms with Gasteiger partial charge >= 0.3 is 0 Å². The van der Waals surface area contributed by atoms with E-state index in [0.29, 0.717) is 0 Å². The number of aromatic nitrogens is 1. The van der Waals surface area contributed by atoms with Crippen molar-refractivity contribution in [3.05, 3.63) is 243 Å². The molecule has 0 bridgehead atoms. The number of hydrogen-bond donors (Lipinski definition) is 0. The van der Waals surface area contributed by atoms with Crippen LogP contribution in [0, 0.1) is 0 Å². The first-order valence-electron chi connectivity index (χ1n) is 19.9. The summed E-state index contributed by atoms with van der Waals surface area (Å²) in [7, 11) is -2.13. The van der Waals surface area contributed by atoms with E-state index in [9.17, 15) is 0 Å². The van der Waals surface area contributed by atoms with Crippen molar-refractivity contribution in [3.8, 4) is 11.4 Å². The highest BCUT2D eigenvalue weighted by Gasteiger charge is 2.36. The van der Waals surface area contributed by atoms with Gasteiger partial charge in [-0.3, -0.25) is 0 Å². The average molecular weight is 798 g/mol. The number of benzene rings is 9. The molecule has 0 saturated carbocycles. The lowest BCUT2D eigenvalue weighted by Gasteiger charge is -2.42. The molecule has 0 aliphatic heterocycles. The Bertz CT molecular complexity index is 2610. The summed E-state index contributed by atoms with van der Waals surface area (Å²) in [5.74, 6) is 0.836. The fourth-order valence-corrected chi connectivity index (χ4v) is 16.5. The molecule has 0 radical (unpaired) electrons. The smallest absolute Gasteiger partial charge is 0.119 e. The van der Waals surface area contributed by atoms with E-state index in [1.165, 1.54) is 49.9 Å². The van der Waals surface area contributed by atoms with Crippen molar-refractivity contribution in [1.82, 2.24) is 4.57 Å². The van der Waals surface area contributed by atoms with Gasteiger partial charge in [0, 0.05) is 55.6 Å². The Hall–Kier alpha value is -6.72. The first kappa shape index (κ1) is 36.6. The van der Waals surface area contributed by atoms with Crippen LogP contribution >= 0.6 is 20.1 Å². The van der Waals surface area contributed by atoms with E-state index in [-0.39, 0.29) is 0 Å². The molecule has 9 aromatic carbocycles. The van der Waals surface area contributed by atoms with Gasteiger partial charge in [-0.15, -0.1) is 20.1 Å². The Labute approximate surface area is 349 Å². The number of ether oxygens (including phenoxy) is 1. The first-order valence-corrected chi connectivity index (χ1v) is 23.2. The van der Waals surface area contributed by atoms with Crippen LogP contribution in [0.25, 0.3) is 27.5 Å². The SMILES string of the molecule is COc1ccc(-n2c3ccc(S(c4ccccc4)(c4ccccc4)c4ccccc4)cc3c3cc(S(c4ccccc4)(c4ccccc4)c4ccccc4)ccc32)cc1. The van der Waals surface area contributed by atoms with E-state index in [1.54, 1.807) is 7.11 Å². The second-order valence-corrected chi connectivity index (χ2v) is 20.7. The lowest BCUT2D eigenvalue weighted by atomic mass is 10.1. The van der Waals surface area contributed by atoms with Gasteiger partial charge < -0.3 is 9.30 Å². The minimum atomic E-state index is -1.92. The predicted molar refractivity (Wildman–Crippen MR) is 247 cm³/mol. The van der Waals surface area contributed by atoms with Gasteiger partial charge in [-0.05, 0) is 133 Å². The molecule has 0 aliphatic rings. The standard InChI is InChI=1S/C55H43NOS2/c1-57-43-34-32-42(33-35-43)56-54-38-36-50(58(44-20-8-2-9-21-44,45-22-10-3-11-23-45)46-24-12-4-13-25-46)40-52(54)53-41-51(37-39-55(53)56)59(47-26-14-5-15-27-47,48-28-16-6-17-29-48)49-30-18-7-19-31-49/h2-41H,1H3. The van der Waals surface area contributed by atoms with Crippen molar-refractivity contribution in [2.45, 2.75) is 39.2 Å². The molecule has 0 spiro atoms. The Morgan fingerprint density at radius 2 is 0.593 bits per heavy atom. The zero-order chi connectivity index (χ0) is 39.7. The summed E-state index contributed by atoms with van der Waals surface area (Å²) in [6, 6.07) is 89.7. The predicted octanol–water partition coefficient (Wildman–Crippen LogP) is 15.5. The van der Waals surface area contributed by atoms with Crippen LogP contribution in [0.15, 0.2) is 282 Å². The van der Waals surface area contributed by atoms with Gasteiger partial charge in [0.1, 0.15) is 5.75 Å². The molecule has 0 unspecified atom stereocenters. The van der Waals surface area contributed by atoms with Gasteiger partial charge in [0.05, 0.1) is 18.1 Å². The average Bonchev–Trinajstić information content (AvgIpc) is 3.65. The van der Waals surface area contributed by atoms with E-state index in [4.69, 9.17) is 4.74 Å². The summed E-state index contributed by atoms with van der Waals surface area (Å²) in [6.45, 7) is 0. The lowest BCUT2D eigenvalue weighted by Crippen LogP contribution is -2.05. The molecule has 0 atom stereocenters. The van der Waals surface area contributed by atoms with E-state index in [0.717, 1.165) is 22.5 Å². The minimum Gasteiger partial charge on any atom is -0.497 e. The third kappa shape index (κ3) is 6.07. The highest BCUT2D eigenvalue weighted by Crippen LogP contribution is 2.75. The third-order valence-electron chi connectivity index (χ3n) is 11.3. The Morgan fingerprint density at radius 1 is 0.305 bits per heavy atom. The number of methoxy groups -OCH3 is 1. The molecular weight excluding hydrogens is 755 g/mol. The van der Waals surface area contributed by atoms with Crippen molar-refractivity contribution in [3.63, 3.8) is 0 Å². The highest BCUT2D eigenvalue weighted by atomic mass is 32.3. The molecule has 4 heteroatoms. The molecule has 0 saturated heterocycles. The second kappa shape index (κ2) is 15.6. The lowest BCUT2D eigenvalue weighted by molar-refractivity contribution is 0.415. The quantitative estimate of drug-likeness (QED) is 0.134. The number of rotatable bonds is 10. The Balaban J connectivity index is 1.34. The van der Waals surface area contributed by atoms with Crippen molar-refractivity contribution in [2.75, 3.05) is 7.11 Å². The van der Waals surface area contributed by atoms with Crippen molar-refractivity contribution in [2.24, 2.45) is 0 Å². The van der Waals surface area contributed by atoms with Crippen LogP contribution in [0.5, 0.6) is 5.75 Å². The molecule has 2 nitrogen and oxygen atoms in total. The maximum atomic E-state index is 5.62. The topological polar surface area (TPSA) is 14.2 Å². The summed E-state index contributed by atoms with van der Waals surface area (Å²) >= 11 is 0. The molecule has 59 heavy (non-hydrogen) atoms. The molecule has 286 valence electrons. The van der Waals surface area contributed by atoms with Crippen LogP contribution in [-0.2, 0) is 0 Å². The monoisotopic (exact) mass is 797 g/mol. The van der Waals surface area contributed by atoms with Gasteiger partial charge in [-0.1, -0.05) is 109 Å². The van der Waals surface area contributed by atoms with Gasteiger partial charge in [0.15, 0.2) is 0 Å². The van der Waals surface area contributed by atoms with Gasteiger partial charge in [-0.25, -0.2) is 0 Å². The van der Waals surface area contributed by atoms with E-state index in [2.05, 4.69) is 247 Å². The molecule has 0 amide bonds. The molecule has 10 aromatic rings. The van der Waals surface area contributed by atoms with E-state index in [1.807, 2.05) is 0 Å². The summed E-state index contributed by atoms with van der Waals surface area (Å²) in [6.07, 6.45) is 0. The van der Waals surface area contributed by atoms with Crippen LogP contribution in [0.4, 0.5) is 0 Å². The fourth-order valence-electron chi connectivity index (χ4n) is 8.75. The summed E-state index contributed by atoms with van der Waals surface area (Å²) in [4.78, 5) is 10.4. The number of fused-ring (bicyclic) bond motifs is 3. The van der Waals surface area contributed by atoms with Crippen LogP contribution in [0.2, 0.25) is 0 Å². The summed E-state index contributed by atoms with van der Waals surface area (Å²) in [5, 5.41) is 2.44. The first-order chi connectivity index (χ1) is 29.2. The van der Waals surface area contributed by atoms with Crippen molar-refractivity contribution < 1.29 is 4.74 Å². The third-order valence-corrected chi connectivity index (χ3v) is 19.1. The zero-order valence-electron chi connectivity index (χ0n) is 32.8. The fraction of sp³-hybridized carbons (Fsp3) is 0.0182. The second-order valence-electron chi connectivity index (χ2n) is 14.5. The van der Waals surface area contributed by atoms with E-state index >= 15 is 0 Å². The van der Waals surface area contributed by atoms with Gasteiger partial charge in [-0.2, -0.15) is 0 Å². The van der Waals surface area contributed by atoms with Crippen LogP contribution < -0.4 is 4.74 Å². The molecule has 0 aliphatic carbocycles. The summed E-state index contributed by atoms with van der Waals surface area (Å²) < 4.78 is 8.04. The largest absolute Gasteiger partial charge is 0.497 e. The molecule has 1 heterocycles. The van der Waals surface area contributed by atoms with Gasteiger partial charge in [0.2, 0.25) is 0 Å². The maximum Gasteiger partial charge on any atom is 0.119 e. The van der Waals surface area contributed by atoms with Gasteiger partial charge in [0.25, 0.3) is 0 Å². The van der Waals surface area contributed by atoms with Crippen LogP contribution in [-0.4, -0.2) is 11.7 Å². The van der Waals surface area contributed by atoms with Crippen LogP contribution in [0.3, 0.4) is 0 Å². The number of nitrogens with zero attached hydrogens (tertiary/aromatic N) is 1. The van der Waals surface area contributed by atoms with Crippen molar-refractivity contribution in [1.29, 1.82) is 0 Å². The summed E-state index contributed by atoms with van der Waals surface area (Å²) in [5.41, 5.74) is 3.41. The molecule has 10 rings (SSSR count). The maximum absolute atomic E-state index is 5.62. The molecule has 0 N–H and O–H groups in total. The molecule has 0 fully saturated rings. The zero-order valence-corrected chi connectivity index (χ0v) is 34.4. The number of hydrogen-bond acceptors (Lipinski definition) is 1. The highest BCUT2D eigenvalue weighted by molar-refractivity contribution is 8.34. The van der Waals surface area contributed by atoms with Crippen LogP contribution in [0.1, 0.15) is 0 Å². The Kier molecular flexibility index (Phi) is 9.65.